The molecular formula is C31H29ClF3NO3. The Morgan fingerprint density at radius 3 is 2.64 bits per heavy atom. The van der Waals surface area contributed by atoms with Crippen LogP contribution in [0.2, 0.25) is 5.02 Å². The molecule has 0 bridgehead atoms. The predicted octanol–water partition coefficient (Wildman–Crippen LogP) is 7.63. The van der Waals surface area contributed by atoms with Gasteiger partial charge in [0.05, 0.1) is 17.3 Å². The average Bonchev–Trinajstić information content (AvgIpc) is 3.31. The highest BCUT2D eigenvalue weighted by atomic mass is 35.5. The zero-order valence-corrected chi connectivity index (χ0v) is 22.2. The van der Waals surface area contributed by atoms with Crippen LogP contribution >= 0.6 is 11.6 Å². The second-order valence-corrected chi connectivity index (χ2v) is 10.3. The quantitative estimate of drug-likeness (QED) is 0.286. The van der Waals surface area contributed by atoms with Crippen molar-refractivity contribution in [1.29, 1.82) is 0 Å². The molecule has 1 aliphatic carbocycles. The van der Waals surface area contributed by atoms with Crippen LogP contribution in [-0.4, -0.2) is 43.3 Å². The molecule has 1 aliphatic heterocycles. The SMILES string of the molecule is O=C(OF)c1ccc2c(c1)CCCC(c1cccc(F)c1Cl)=C2c1ccc(O[C@H]2CCN(CCCF)C2)cc1. The molecule has 5 rings (SSSR count). The van der Waals surface area contributed by atoms with Gasteiger partial charge >= 0.3 is 5.97 Å². The first-order valence-corrected chi connectivity index (χ1v) is 13.6. The summed E-state index contributed by atoms with van der Waals surface area (Å²) in [5.74, 6) is -0.804. The van der Waals surface area contributed by atoms with E-state index < -0.39 is 11.8 Å². The average molecular weight is 556 g/mol. The molecule has 204 valence electrons. The van der Waals surface area contributed by atoms with E-state index in [9.17, 15) is 18.1 Å². The Morgan fingerprint density at radius 2 is 1.87 bits per heavy atom. The van der Waals surface area contributed by atoms with E-state index in [1.807, 2.05) is 30.3 Å². The summed E-state index contributed by atoms with van der Waals surface area (Å²) in [5, 5.41) is 0.0598. The van der Waals surface area contributed by atoms with Gasteiger partial charge in [-0.15, -0.1) is 0 Å². The zero-order chi connectivity index (χ0) is 27.4. The Hall–Kier alpha value is -3.29. The van der Waals surface area contributed by atoms with Gasteiger partial charge in [-0.25, -0.2) is 14.1 Å². The van der Waals surface area contributed by atoms with Crippen LogP contribution in [-0.2, 0) is 11.4 Å². The number of carbonyl (C=O) groups is 1. The van der Waals surface area contributed by atoms with Crippen molar-refractivity contribution in [2.75, 3.05) is 26.3 Å². The topological polar surface area (TPSA) is 38.8 Å². The zero-order valence-electron chi connectivity index (χ0n) is 21.4. The van der Waals surface area contributed by atoms with E-state index >= 15 is 0 Å². The van der Waals surface area contributed by atoms with Gasteiger partial charge in [-0.05, 0) is 95.8 Å². The van der Waals surface area contributed by atoms with E-state index in [0.717, 1.165) is 66.1 Å². The van der Waals surface area contributed by atoms with Crippen LogP contribution in [0.1, 0.15) is 58.3 Å². The van der Waals surface area contributed by atoms with Crippen LogP contribution < -0.4 is 4.74 Å². The van der Waals surface area contributed by atoms with Crippen molar-refractivity contribution in [1.82, 2.24) is 4.90 Å². The largest absolute Gasteiger partial charge is 0.489 e. The molecule has 1 heterocycles. The summed E-state index contributed by atoms with van der Waals surface area (Å²) in [5.41, 5.74) is 5.14. The number of allylic oxidation sites excluding steroid dienone is 1. The maximum Gasteiger partial charge on any atom is 0.379 e. The lowest BCUT2D eigenvalue weighted by Gasteiger charge is -2.19. The summed E-state index contributed by atoms with van der Waals surface area (Å²) < 4.78 is 45.9. The van der Waals surface area contributed by atoms with Crippen LogP contribution in [0.15, 0.2) is 60.7 Å². The molecule has 3 aromatic rings. The molecule has 3 aromatic carbocycles. The highest BCUT2D eigenvalue weighted by Gasteiger charge is 2.25. The fraction of sp³-hybridized carbons (Fsp3) is 0.323. The van der Waals surface area contributed by atoms with E-state index in [1.54, 1.807) is 18.2 Å². The molecule has 39 heavy (non-hydrogen) atoms. The molecule has 1 atom stereocenters. The summed E-state index contributed by atoms with van der Waals surface area (Å²) in [4.78, 5) is 17.5. The molecule has 0 amide bonds. The van der Waals surface area contributed by atoms with Crippen molar-refractivity contribution in [2.45, 2.75) is 38.2 Å². The Kier molecular flexibility index (Phi) is 8.58. The highest BCUT2D eigenvalue weighted by molar-refractivity contribution is 6.33. The van der Waals surface area contributed by atoms with Gasteiger partial charge in [0.15, 0.2) is 0 Å². The number of rotatable bonds is 8. The standard InChI is InChI=1S/C31H29ClF3NO3/c32-30-27(6-2-7-28(30)34)26-5-1-4-21-18-22(31(37)39-35)10-13-25(21)29(26)20-8-11-23(12-9-20)38-24-14-17-36(19-24)16-3-15-33/h2,6-13,18,24H,1,3-5,14-17,19H2/t24-/m0/s1. The number of hydrogen-bond donors (Lipinski definition) is 0. The van der Waals surface area contributed by atoms with Crippen molar-refractivity contribution in [3.63, 3.8) is 0 Å². The lowest BCUT2D eigenvalue weighted by Crippen LogP contribution is -2.26. The van der Waals surface area contributed by atoms with Crippen LogP contribution in [0.4, 0.5) is 13.3 Å². The van der Waals surface area contributed by atoms with Crippen LogP contribution in [0.25, 0.3) is 11.1 Å². The Balaban J connectivity index is 1.52. The van der Waals surface area contributed by atoms with Crippen molar-refractivity contribution >= 4 is 28.7 Å². The molecular weight excluding hydrogens is 527 g/mol. The maximum atomic E-state index is 14.5. The summed E-state index contributed by atoms with van der Waals surface area (Å²) in [6, 6.07) is 17.5. The molecule has 0 N–H and O–H groups in total. The number of hydrogen-bond acceptors (Lipinski definition) is 4. The van der Waals surface area contributed by atoms with E-state index in [4.69, 9.17) is 16.3 Å². The molecule has 0 aromatic heterocycles. The van der Waals surface area contributed by atoms with Gasteiger partial charge < -0.3 is 4.74 Å². The lowest BCUT2D eigenvalue weighted by molar-refractivity contribution is -0.0788. The highest BCUT2D eigenvalue weighted by Crippen LogP contribution is 2.42. The molecule has 8 heteroatoms. The van der Waals surface area contributed by atoms with Gasteiger partial charge in [-0.2, -0.15) is 0 Å². The molecule has 1 fully saturated rings. The Morgan fingerprint density at radius 1 is 1.05 bits per heavy atom. The number of alkyl halides is 1. The monoisotopic (exact) mass is 555 g/mol. The molecule has 0 spiro atoms. The Labute approximate surface area is 230 Å². The van der Waals surface area contributed by atoms with E-state index in [1.165, 1.54) is 12.1 Å². The summed E-state index contributed by atoms with van der Waals surface area (Å²) in [7, 11) is 0. The fourth-order valence-corrected chi connectivity index (χ4v) is 5.81. The first-order valence-electron chi connectivity index (χ1n) is 13.2. The van der Waals surface area contributed by atoms with Crippen molar-refractivity contribution < 1.29 is 27.8 Å². The first-order chi connectivity index (χ1) is 19.0. The molecule has 4 nitrogen and oxygen atoms in total. The molecule has 2 aliphatic rings. The minimum Gasteiger partial charge on any atom is -0.489 e. The summed E-state index contributed by atoms with van der Waals surface area (Å²) in [6.45, 7) is 2.08. The van der Waals surface area contributed by atoms with E-state index in [2.05, 4.69) is 9.84 Å². The second kappa shape index (κ2) is 12.3. The molecule has 0 unspecified atom stereocenters. The molecule has 0 radical (unpaired) electrons. The summed E-state index contributed by atoms with van der Waals surface area (Å²) in [6.07, 6.45) is 3.47. The van der Waals surface area contributed by atoms with Crippen LogP contribution in [0, 0.1) is 5.82 Å². The minimum atomic E-state index is -1.04. The minimum absolute atomic E-state index is 0.0450. The van der Waals surface area contributed by atoms with Crippen LogP contribution in [0.5, 0.6) is 5.75 Å². The van der Waals surface area contributed by atoms with Crippen LogP contribution in [0.3, 0.4) is 0 Å². The van der Waals surface area contributed by atoms with Crippen molar-refractivity contribution in [3.8, 4) is 5.75 Å². The van der Waals surface area contributed by atoms with Gasteiger partial charge in [0.25, 0.3) is 0 Å². The molecule has 1 saturated heterocycles. The number of ether oxygens (including phenoxy) is 1. The number of halogens is 4. The number of nitrogens with zero attached hydrogens (tertiary/aromatic N) is 1. The maximum absolute atomic E-state index is 14.5. The Bertz CT molecular complexity index is 1380. The third-order valence-corrected chi connectivity index (χ3v) is 7.80. The lowest BCUT2D eigenvalue weighted by atomic mass is 9.87. The van der Waals surface area contributed by atoms with E-state index in [0.29, 0.717) is 24.8 Å². The smallest absolute Gasteiger partial charge is 0.379 e. The van der Waals surface area contributed by atoms with Gasteiger partial charge in [0.1, 0.15) is 17.7 Å². The normalized spacial score (nSPS) is 17.6. The number of fused-ring (bicyclic) bond motifs is 1. The van der Waals surface area contributed by atoms with Crippen molar-refractivity contribution in [3.05, 3.63) is 99.3 Å². The van der Waals surface area contributed by atoms with Gasteiger partial charge in [-0.3, -0.25) is 9.29 Å². The van der Waals surface area contributed by atoms with Gasteiger partial charge in [0.2, 0.25) is 0 Å². The van der Waals surface area contributed by atoms with Gasteiger partial charge in [-0.1, -0.05) is 41.9 Å². The first kappa shape index (κ1) is 27.3. The fourth-order valence-electron chi connectivity index (χ4n) is 5.57. The van der Waals surface area contributed by atoms with Gasteiger partial charge in [0, 0.05) is 24.2 Å². The number of likely N-dealkylation sites (tertiary alicyclic amines) is 1. The third kappa shape index (κ3) is 5.99. The van der Waals surface area contributed by atoms with Crippen molar-refractivity contribution in [2.24, 2.45) is 0 Å². The molecule has 0 saturated carbocycles. The summed E-state index contributed by atoms with van der Waals surface area (Å²) >= 11 is 6.45. The number of aryl methyl sites for hydroxylation is 1. The number of carbonyl (C=O) groups excluding carboxylic acids is 1. The predicted molar refractivity (Wildman–Crippen MR) is 146 cm³/mol. The second-order valence-electron chi connectivity index (χ2n) is 9.94. The number of benzene rings is 3. The van der Waals surface area contributed by atoms with E-state index in [-0.39, 0.29) is 23.4 Å². The third-order valence-electron chi connectivity index (χ3n) is 7.41.